The number of benzene rings is 2. The summed E-state index contributed by atoms with van der Waals surface area (Å²) in [5.41, 5.74) is 4.47. The highest BCUT2D eigenvalue weighted by molar-refractivity contribution is 6.11. The lowest BCUT2D eigenvalue weighted by Gasteiger charge is -2.16. The molecule has 218 valence electrons. The van der Waals surface area contributed by atoms with E-state index in [2.05, 4.69) is 21.7 Å². The van der Waals surface area contributed by atoms with Crippen molar-refractivity contribution in [3.8, 4) is 0 Å². The minimum atomic E-state index is -0.587. The fraction of sp³-hybridized carbons (Fsp3) is 0.281. The number of pyridine rings is 1. The Morgan fingerprint density at radius 2 is 1.86 bits per heavy atom. The van der Waals surface area contributed by atoms with Crippen molar-refractivity contribution >= 4 is 45.2 Å². The molecule has 0 unspecified atom stereocenters. The molecule has 0 spiro atoms. The van der Waals surface area contributed by atoms with Crippen LogP contribution in [0.15, 0.2) is 67.0 Å². The summed E-state index contributed by atoms with van der Waals surface area (Å²) in [7, 11) is 2.83. The average Bonchev–Trinajstić information content (AvgIpc) is 3.54. The Balaban J connectivity index is 1.52. The van der Waals surface area contributed by atoms with Gasteiger partial charge in [-0.2, -0.15) is 0 Å². The molecule has 0 aliphatic heterocycles. The van der Waals surface area contributed by atoms with Gasteiger partial charge in [-0.3, -0.25) is 4.79 Å². The first kappa shape index (κ1) is 28.8. The van der Waals surface area contributed by atoms with Crippen LogP contribution in [-0.4, -0.2) is 53.3 Å². The number of para-hydroxylation sites is 1. The maximum absolute atomic E-state index is 14.2. The summed E-state index contributed by atoms with van der Waals surface area (Å²) >= 11 is 0. The van der Waals surface area contributed by atoms with Gasteiger partial charge >= 0.3 is 5.97 Å². The Bertz CT molecular complexity index is 1730. The van der Waals surface area contributed by atoms with Crippen molar-refractivity contribution in [3.63, 3.8) is 0 Å². The molecule has 1 amide bonds. The lowest BCUT2D eigenvalue weighted by atomic mass is 10.1. The molecule has 42 heavy (non-hydrogen) atoms. The summed E-state index contributed by atoms with van der Waals surface area (Å²) in [5.74, 6) is -1.14. The van der Waals surface area contributed by atoms with E-state index in [0.717, 1.165) is 16.5 Å². The molecule has 0 bridgehead atoms. The SMILES string of the molecule is COCCC(=O)Nc1c(C(=O)OC)n(CCc2c[nH]c3ccccc23)c2ncc(N[C@H](C)Cc3ccccc3F)cc12. The molecule has 0 radical (unpaired) electrons. The number of hydrogen-bond donors (Lipinski definition) is 3. The van der Waals surface area contributed by atoms with E-state index >= 15 is 0 Å². The zero-order valence-electron chi connectivity index (χ0n) is 23.9. The normalized spacial score (nSPS) is 12.0. The van der Waals surface area contributed by atoms with E-state index < -0.39 is 5.97 Å². The Morgan fingerprint density at radius 1 is 1.07 bits per heavy atom. The van der Waals surface area contributed by atoms with Crippen molar-refractivity contribution in [2.45, 2.75) is 38.8 Å². The molecule has 10 heteroatoms. The Hall–Kier alpha value is -4.70. The molecule has 1 atom stereocenters. The molecule has 0 saturated carbocycles. The molecule has 0 aliphatic rings. The van der Waals surface area contributed by atoms with E-state index in [9.17, 15) is 14.0 Å². The van der Waals surface area contributed by atoms with Gasteiger partial charge in [0.1, 0.15) is 11.5 Å². The van der Waals surface area contributed by atoms with Gasteiger partial charge in [0.25, 0.3) is 0 Å². The van der Waals surface area contributed by atoms with Crippen molar-refractivity contribution in [3.05, 3.63) is 89.6 Å². The zero-order chi connectivity index (χ0) is 29.6. The molecule has 3 N–H and O–H groups in total. The molecule has 5 rings (SSSR count). The van der Waals surface area contributed by atoms with Crippen LogP contribution >= 0.6 is 0 Å². The van der Waals surface area contributed by atoms with Crippen LogP contribution in [-0.2, 0) is 33.7 Å². The van der Waals surface area contributed by atoms with Gasteiger partial charge in [0.15, 0.2) is 5.69 Å². The van der Waals surface area contributed by atoms with Crippen molar-refractivity contribution in [1.29, 1.82) is 0 Å². The number of esters is 1. The number of aryl methyl sites for hydroxylation is 2. The number of nitrogens with one attached hydrogen (secondary N) is 3. The monoisotopic (exact) mass is 571 g/mol. The van der Waals surface area contributed by atoms with E-state index in [1.54, 1.807) is 22.9 Å². The van der Waals surface area contributed by atoms with Crippen molar-refractivity contribution in [1.82, 2.24) is 14.5 Å². The van der Waals surface area contributed by atoms with E-state index in [1.165, 1.54) is 20.3 Å². The largest absolute Gasteiger partial charge is 0.464 e. The number of anilines is 2. The number of fused-ring (bicyclic) bond motifs is 2. The first-order valence-corrected chi connectivity index (χ1v) is 13.8. The van der Waals surface area contributed by atoms with Crippen molar-refractivity contribution in [2.24, 2.45) is 0 Å². The molecule has 0 saturated heterocycles. The Morgan fingerprint density at radius 3 is 2.64 bits per heavy atom. The van der Waals surface area contributed by atoms with E-state index in [-0.39, 0.29) is 36.5 Å². The number of aromatic nitrogens is 3. The number of methoxy groups -OCH3 is 2. The quantitative estimate of drug-likeness (QED) is 0.166. The van der Waals surface area contributed by atoms with Crippen LogP contribution in [0.3, 0.4) is 0 Å². The molecule has 0 aliphatic carbocycles. The number of hydrogen-bond acceptors (Lipinski definition) is 6. The van der Waals surface area contributed by atoms with Crippen LogP contribution in [0.4, 0.5) is 15.8 Å². The number of halogens is 1. The van der Waals surface area contributed by atoms with E-state index in [1.807, 2.05) is 43.5 Å². The molecule has 9 nitrogen and oxygen atoms in total. The zero-order valence-corrected chi connectivity index (χ0v) is 23.9. The number of nitrogens with zero attached hydrogens (tertiary/aromatic N) is 2. The number of aromatic amines is 1. The van der Waals surface area contributed by atoms with Gasteiger partial charge < -0.3 is 29.7 Å². The van der Waals surface area contributed by atoms with Crippen LogP contribution in [0.1, 0.15) is 35.0 Å². The minimum absolute atomic E-state index is 0.115. The maximum Gasteiger partial charge on any atom is 0.356 e. The van der Waals surface area contributed by atoms with Gasteiger partial charge in [-0.1, -0.05) is 36.4 Å². The van der Waals surface area contributed by atoms with Crippen molar-refractivity contribution < 1.29 is 23.5 Å². The van der Waals surface area contributed by atoms with Crippen LogP contribution in [0.25, 0.3) is 21.9 Å². The van der Waals surface area contributed by atoms with Gasteiger partial charge in [0, 0.05) is 42.2 Å². The minimum Gasteiger partial charge on any atom is -0.464 e. The van der Waals surface area contributed by atoms with Crippen LogP contribution in [0, 0.1) is 5.82 Å². The Labute approximate surface area is 243 Å². The number of carbonyl (C=O) groups is 2. The smallest absolute Gasteiger partial charge is 0.356 e. The lowest BCUT2D eigenvalue weighted by molar-refractivity contribution is -0.117. The molecule has 0 fully saturated rings. The van der Waals surface area contributed by atoms with Gasteiger partial charge in [-0.05, 0) is 49.1 Å². The third-order valence-corrected chi connectivity index (χ3v) is 7.25. The third kappa shape index (κ3) is 6.13. The first-order chi connectivity index (χ1) is 20.4. The van der Waals surface area contributed by atoms with Gasteiger partial charge in [-0.25, -0.2) is 14.2 Å². The number of rotatable bonds is 12. The van der Waals surface area contributed by atoms with Gasteiger partial charge in [0.2, 0.25) is 5.91 Å². The molecular weight excluding hydrogens is 537 g/mol. The fourth-order valence-electron chi connectivity index (χ4n) is 5.25. The lowest BCUT2D eigenvalue weighted by Crippen LogP contribution is -2.19. The third-order valence-electron chi connectivity index (χ3n) is 7.25. The summed E-state index contributed by atoms with van der Waals surface area (Å²) in [6.07, 6.45) is 4.83. The fourth-order valence-corrected chi connectivity index (χ4v) is 5.25. The summed E-state index contributed by atoms with van der Waals surface area (Å²) < 4.78 is 26.3. The topological polar surface area (TPSA) is 110 Å². The van der Waals surface area contributed by atoms with Crippen molar-refractivity contribution in [2.75, 3.05) is 31.5 Å². The molecule has 3 heterocycles. The highest BCUT2D eigenvalue weighted by Crippen LogP contribution is 2.34. The maximum atomic E-state index is 14.2. The van der Waals surface area contributed by atoms with Crippen LogP contribution in [0.5, 0.6) is 0 Å². The molecule has 3 aromatic heterocycles. The summed E-state index contributed by atoms with van der Waals surface area (Å²) in [5, 5.41) is 7.98. The summed E-state index contributed by atoms with van der Waals surface area (Å²) in [4.78, 5) is 34.0. The molecule has 5 aromatic rings. The van der Waals surface area contributed by atoms with Gasteiger partial charge in [-0.15, -0.1) is 0 Å². The predicted octanol–water partition coefficient (Wildman–Crippen LogP) is 5.70. The summed E-state index contributed by atoms with van der Waals surface area (Å²) in [6.45, 7) is 2.60. The number of amides is 1. The number of H-pyrrole nitrogens is 1. The second kappa shape index (κ2) is 12.9. The second-order valence-corrected chi connectivity index (χ2v) is 10.2. The first-order valence-electron chi connectivity index (χ1n) is 13.8. The molecule has 2 aromatic carbocycles. The van der Waals surface area contributed by atoms with Crippen LogP contribution < -0.4 is 10.6 Å². The second-order valence-electron chi connectivity index (χ2n) is 10.2. The molecular formula is C32H34FN5O4. The summed E-state index contributed by atoms with van der Waals surface area (Å²) in [6, 6.07) is 16.4. The number of carbonyl (C=O) groups excluding carboxylic acids is 2. The predicted molar refractivity (Wildman–Crippen MR) is 161 cm³/mol. The highest BCUT2D eigenvalue weighted by atomic mass is 19.1. The highest BCUT2D eigenvalue weighted by Gasteiger charge is 2.26. The average molecular weight is 572 g/mol. The van der Waals surface area contributed by atoms with Gasteiger partial charge in [0.05, 0.1) is 37.7 Å². The van der Waals surface area contributed by atoms with E-state index in [4.69, 9.17) is 14.5 Å². The standard InChI is InChI=1S/C32H34FN5O4/c1-20(16-21-8-4-6-10-26(21)33)36-23-17-25-29(37-28(39)13-15-41-2)30(32(40)42-3)38(31(25)35-19-23)14-12-22-18-34-27-11-7-5-9-24(22)27/h4-11,17-20,34,36H,12-16H2,1-3H3,(H,37,39)/t20-/m1/s1. The number of ether oxygens (including phenoxy) is 2. The van der Waals surface area contributed by atoms with E-state index in [0.29, 0.717) is 47.4 Å². The van der Waals surface area contributed by atoms with Crippen LogP contribution in [0.2, 0.25) is 0 Å². The Kier molecular flexibility index (Phi) is 8.83.